The van der Waals surface area contributed by atoms with Crippen LogP contribution in [0.4, 0.5) is 0 Å². The van der Waals surface area contributed by atoms with Crippen LogP contribution in [0.3, 0.4) is 0 Å². The summed E-state index contributed by atoms with van der Waals surface area (Å²) in [6.07, 6.45) is 0.981. The van der Waals surface area contributed by atoms with E-state index < -0.39 is 0 Å². The van der Waals surface area contributed by atoms with Crippen LogP contribution in [0.25, 0.3) is 11.1 Å². The lowest BCUT2D eigenvalue weighted by Gasteiger charge is -2.25. The first-order valence-electron chi connectivity index (χ1n) is 10.4. The van der Waals surface area contributed by atoms with Gasteiger partial charge in [-0.15, -0.1) is 0 Å². The van der Waals surface area contributed by atoms with Gasteiger partial charge in [0.1, 0.15) is 11.5 Å². The van der Waals surface area contributed by atoms with Crippen LogP contribution in [0.15, 0.2) is 78.9 Å². The number of likely N-dealkylation sites (tertiary alicyclic amines) is 1. The van der Waals surface area contributed by atoms with Gasteiger partial charge in [-0.2, -0.15) is 0 Å². The van der Waals surface area contributed by atoms with Crippen molar-refractivity contribution in [3.63, 3.8) is 0 Å². The number of nitrogens with zero attached hydrogens (tertiary/aromatic N) is 1. The van der Waals surface area contributed by atoms with Crippen molar-refractivity contribution in [2.45, 2.75) is 32.4 Å². The molecule has 0 radical (unpaired) electrons. The van der Waals surface area contributed by atoms with E-state index in [2.05, 4.69) is 47.5 Å². The Morgan fingerprint density at radius 1 is 1.00 bits per heavy atom. The molecular formula is C26H28N2O2. The fraction of sp³-hybridized carbons (Fsp3) is 0.269. The minimum atomic E-state index is -0.126. The number of carbonyl (C=O) groups excluding carboxylic acids is 1. The van der Waals surface area contributed by atoms with Crippen molar-refractivity contribution in [2.75, 3.05) is 13.1 Å². The third-order valence-corrected chi connectivity index (χ3v) is 5.56. The molecule has 1 saturated heterocycles. The van der Waals surface area contributed by atoms with Crippen molar-refractivity contribution >= 4 is 5.91 Å². The molecule has 0 bridgehead atoms. The summed E-state index contributed by atoms with van der Waals surface area (Å²) in [5, 5.41) is 3.10. The number of hydrogen-bond donors (Lipinski definition) is 1. The van der Waals surface area contributed by atoms with Gasteiger partial charge in [0.25, 0.3) is 0 Å². The van der Waals surface area contributed by atoms with Gasteiger partial charge in [0.05, 0.1) is 5.54 Å². The van der Waals surface area contributed by atoms with E-state index in [0.29, 0.717) is 0 Å². The first-order chi connectivity index (χ1) is 14.5. The Labute approximate surface area is 178 Å². The van der Waals surface area contributed by atoms with Crippen molar-refractivity contribution in [3.05, 3.63) is 84.4 Å². The van der Waals surface area contributed by atoms with Gasteiger partial charge in [0.2, 0.25) is 5.91 Å². The molecule has 154 valence electrons. The number of carbonyl (C=O) groups is 1. The Kier molecular flexibility index (Phi) is 5.86. The van der Waals surface area contributed by atoms with Crippen LogP contribution in [-0.4, -0.2) is 29.4 Å². The van der Waals surface area contributed by atoms with Crippen molar-refractivity contribution in [1.29, 1.82) is 0 Å². The molecule has 0 spiro atoms. The molecule has 1 amide bonds. The average molecular weight is 401 g/mol. The van der Waals surface area contributed by atoms with E-state index in [1.54, 1.807) is 6.92 Å². The van der Waals surface area contributed by atoms with Crippen molar-refractivity contribution in [2.24, 2.45) is 0 Å². The molecule has 0 saturated carbocycles. The molecule has 3 aromatic rings. The molecular weight excluding hydrogens is 372 g/mol. The Bertz CT molecular complexity index is 1000. The number of hydrogen-bond acceptors (Lipinski definition) is 3. The summed E-state index contributed by atoms with van der Waals surface area (Å²) in [6.45, 7) is 6.47. The Hall–Kier alpha value is -3.11. The predicted molar refractivity (Wildman–Crippen MR) is 121 cm³/mol. The summed E-state index contributed by atoms with van der Waals surface area (Å²) >= 11 is 0. The molecule has 3 aromatic carbocycles. The predicted octanol–water partition coefficient (Wildman–Crippen LogP) is 5.25. The first-order valence-corrected chi connectivity index (χ1v) is 10.4. The average Bonchev–Trinajstić information content (AvgIpc) is 3.09. The fourth-order valence-electron chi connectivity index (χ4n) is 4.18. The second-order valence-electron chi connectivity index (χ2n) is 8.31. The zero-order valence-corrected chi connectivity index (χ0v) is 17.6. The maximum atomic E-state index is 11.4. The Morgan fingerprint density at radius 3 is 2.43 bits per heavy atom. The van der Waals surface area contributed by atoms with E-state index in [-0.39, 0.29) is 11.4 Å². The van der Waals surface area contributed by atoms with Crippen LogP contribution in [0.5, 0.6) is 11.5 Å². The van der Waals surface area contributed by atoms with Gasteiger partial charge in [0, 0.05) is 32.1 Å². The summed E-state index contributed by atoms with van der Waals surface area (Å²) in [7, 11) is 0. The number of rotatable bonds is 6. The van der Waals surface area contributed by atoms with Gasteiger partial charge in [0.15, 0.2) is 0 Å². The molecule has 1 aliphatic heterocycles. The highest BCUT2D eigenvalue weighted by Crippen LogP contribution is 2.33. The zero-order chi connectivity index (χ0) is 21.0. The van der Waals surface area contributed by atoms with Crippen LogP contribution in [0, 0.1) is 0 Å². The molecule has 1 fully saturated rings. The number of amides is 1. The summed E-state index contributed by atoms with van der Waals surface area (Å²) < 4.78 is 6.11. The van der Waals surface area contributed by atoms with E-state index >= 15 is 0 Å². The molecule has 4 rings (SSSR count). The molecule has 0 aromatic heterocycles. The second kappa shape index (κ2) is 8.72. The maximum absolute atomic E-state index is 11.4. The van der Waals surface area contributed by atoms with Crippen LogP contribution >= 0.6 is 0 Å². The second-order valence-corrected chi connectivity index (χ2v) is 8.31. The number of ether oxygens (including phenoxy) is 1. The van der Waals surface area contributed by atoms with Crippen LogP contribution < -0.4 is 10.1 Å². The van der Waals surface area contributed by atoms with E-state index in [4.69, 9.17) is 4.74 Å². The lowest BCUT2D eigenvalue weighted by Crippen LogP contribution is -2.46. The molecule has 1 unspecified atom stereocenters. The van der Waals surface area contributed by atoms with E-state index in [0.717, 1.165) is 48.7 Å². The van der Waals surface area contributed by atoms with Gasteiger partial charge in [-0.05, 0) is 42.7 Å². The largest absolute Gasteiger partial charge is 0.457 e. The lowest BCUT2D eigenvalue weighted by atomic mass is 10.0. The van der Waals surface area contributed by atoms with Crippen LogP contribution in [0.2, 0.25) is 0 Å². The van der Waals surface area contributed by atoms with Crippen molar-refractivity contribution in [3.8, 4) is 22.6 Å². The van der Waals surface area contributed by atoms with E-state index in [1.165, 1.54) is 5.56 Å². The highest BCUT2D eigenvalue weighted by Gasteiger charge is 2.34. The molecule has 1 aliphatic rings. The molecule has 4 heteroatoms. The number of para-hydroxylation sites is 2. The normalized spacial score (nSPS) is 18.9. The van der Waals surface area contributed by atoms with Gasteiger partial charge in [-0.25, -0.2) is 0 Å². The highest BCUT2D eigenvalue weighted by atomic mass is 16.5. The minimum Gasteiger partial charge on any atom is -0.457 e. The lowest BCUT2D eigenvalue weighted by molar-refractivity contribution is -0.120. The Balaban J connectivity index is 1.45. The smallest absolute Gasteiger partial charge is 0.217 e. The molecule has 4 nitrogen and oxygen atoms in total. The monoisotopic (exact) mass is 400 g/mol. The minimum absolute atomic E-state index is 0.0417. The fourth-order valence-corrected chi connectivity index (χ4v) is 4.18. The van der Waals surface area contributed by atoms with Gasteiger partial charge in [-0.1, -0.05) is 60.7 Å². The molecule has 1 atom stereocenters. The first kappa shape index (κ1) is 20.2. The van der Waals surface area contributed by atoms with Crippen LogP contribution in [0.1, 0.15) is 25.8 Å². The molecule has 1 N–H and O–H groups in total. The Morgan fingerprint density at radius 2 is 1.70 bits per heavy atom. The standard InChI is InChI=1S/C26H28N2O2/c1-20(29)27-26(2)16-17-28(19-26)18-21-12-14-22(15-13-21)24-10-6-7-11-25(24)30-23-8-4-3-5-9-23/h3-15H,16-19H2,1-2H3,(H,27,29). The zero-order valence-electron chi connectivity index (χ0n) is 17.6. The topological polar surface area (TPSA) is 41.6 Å². The highest BCUT2D eigenvalue weighted by molar-refractivity contribution is 5.74. The van der Waals surface area contributed by atoms with Crippen LogP contribution in [-0.2, 0) is 11.3 Å². The van der Waals surface area contributed by atoms with E-state index in [9.17, 15) is 4.79 Å². The number of nitrogens with one attached hydrogen (secondary N) is 1. The summed E-state index contributed by atoms with van der Waals surface area (Å²) in [5.41, 5.74) is 3.36. The third-order valence-electron chi connectivity index (χ3n) is 5.56. The third kappa shape index (κ3) is 4.89. The summed E-state index contributed by atoms with van der Waals surface area (Å²) in [5.74, 6) is 1.72. The van der Waals surface area contributed by atoms with Gasteiger partial charge in [-0.3, -0.25) is 9.69 Å². The summed E-state index contributed by atoms with van der Waals surface area (Å²) in [4.78, 5) is 13.8. The molecule has 0 aliphatic carbocycles. The summed E-state index contributed by atoms with van der Waals surface area (Å²) in [6, 6.07) is 26.7. The number of benzene rings is 3. The maximum Gasteiger partial charge on any atom is 0.217 e. The SMILES string of the molecule is CC(=O)NC1(C)CCN(Cc2ccc(-c3ccccc3Oc3ccccc3)cc2)C1. The molecule has 1 heterocycles. The van der Waals surface area contributed by atoms with Gasteiger partial charge < -0.3 is 10.1 Å². The van der Waals surface area contributed by atoms with Gasteiger partial charge >= 0.3 is 0 Å². The quantitative estimate of drug-likeness (QED) is 0.615. The van der Waals surface area contributed by atoms with Crippen molar-refractivity contribution in [1.82, 2.24) is 10.2 Å². The van der Waals surface area contributed by atoms with E-state index in [1.807, 2.05) is 48.5 Å². The molecule has 30 heavy (non-hydrogen) atoms. The van der Waals surface area contributed by atoms with Crippen molar-refractivity contribution < 1.29 is 9.53 Å².